The Morgan fingerprint density at radius 1 is 1.27 bits per heavy atom. The summed E-state index contributed by atoms with van der Waals surface area (Å²) in [7, 11) is 0. The molecule has 1 atom stereocenters. The first-order valence-electron chi connectivity index (χ1n) is 9.69. The van der Waals surface area contributed by atoms with E-state index in [0.29, 0.717) is 0 Å². The van der Waals surface area contributed by atoms with Crippen LogP contribution in [0.25, 0.3) is 0 Å². The van der Waals surface area contributed by atoms with Crippen LogP contribution in [-0.4, -0.2) is 21.6 Å². The standard InChI is InChI=1S/C21H29N3O2/c1-17(25)23-19-8-11-20(12-9-19)26-21(15-24-14-13-22-16-24)10-7-18-5-3-2-4-6-18/h8-9,11-14,16,18,21H,2-7,10,15H2,1H3,(H,23,25). The summed E-state index contributed by atoms with van der Waals surface area (Å²) in [5.41, 5.74) is 0.790. The average molecular weight is 355 g/mol. The number of anilines is 1. The number of carbonyl (C=O) groups is 1. The Kier molecular flexibility index (Phi) is 6.69. The van der Waals surface area contributed by atoms with Gasteiger partial charge in [0.15, 0.2) is 0 Å². The van der Waals surface area contributed by atoms with Gasteiger partial charge in [0, 0.05) is 25.0 Å². The lowest BCUT2D eigenvalue weighted by molar-refractivity contribution is -0.114. The fourth-order valence-electron chi connectivity index (χ4n) is 3.73. The van der Waals surface area contributed by atoms with E-state index in [1.165, 1.54) is 45.4 Å². The number of hydrogen-bond donors (Lipinski definition) is 1. The molecule has 0 radical (unpaired) electrons. The van der Waals surface area contributed by atoms with E-state index in [0.717, 1.165) is 30.3 Å². The minimum Gasteiger partial charge on any atom is -0.489 e. The van der Waals surface area contributed by atoms with Crippen LogP contribution in [0.2, 0.25) is 0 Å². The van der Waals surface area contributed by atoms with Gasteiger partial charge in [0.2, 0.25) is 5.91 Å². The highest BCUT2D eigenvalue weighted by Gasteiger charge is 2.18. The van der Waals surface area contributed by atoms with Crippen molar-refractivity contribution < 1.29 is 9.53 Å². The van der Waals surface area contributed by atoms with Gasteiger partial charge in [0.1, 0.15) is 11.9 Å². The van der Waals surface area contributed by atoms with Gasteiger partial charge < -0.3 is 14.6 Å². The quantitative estimate of drug-likeness (QED) is 0.750. The van der Waals surface area contributed by atoms with Crippen LogP contribution < -0.4 is 10.1 Å². The molecule has 0 aliphatic heterocycles. The van der Waals surface area contributed by atoms with Crippen LogP contribution in [0.3, 0.4) is 0 Å². The molecule has 5 nitrogen and oxygen atoms in total. The predicted molar refractivity (Wildman–Crippen MR) is 103 cm³/mol. The molecule has 3 rings (SSSR count). The van der Waals surface area contributed by atoms with Crippen molar-refractivity contribution in [3.63, 3.8) is 0 Å². The van der Waals surface area contributed by atoms with Crippen molar-refractivity contribution in [3.8, 4) is 5.75 Å². The average Bonchev–Trinajstić information content (AvgIpc) is 3.15. The van der Waals surface area contributed by atoms with E-state index in [2.05, 4.69) is 14.9 Å². The maximum Gasteiger partial charge on any atom is 0.221 e. The Labute approximate surface area is 155 Å². The van der Waals surface area contributed by atoms with Crippen molar-refractivity contribution in [1.82, 2.24) is 9.55 Å². The molecule has 0 bridgehead atoms. The SMILES string of the molecule is CC(=O)Nc1ccc(OC(CCC2CCCCC2)Cn2ccnc2)cc1. The van der Waals surface area contributed by atoms with Crippen molar-refractivity contribution in [2.45, 2.75) is 64.5 Å². The third-order valence-electron chi connectivity index (χ3n) is 5.07. The first-order valence-corrected chi connectivity index (χ1v) is 9.69. The van der Waals surface area contributed by atoms with Crippen molar-refractivity contribution in [2.75, 3.05) is 5.32 Å². The van der Waals surface area contributed by atoms with Crippen LogP contribution in [0, 0.1) is 5.92 Å². The molecule has 1 N–H and O–H groups in total. The largest absolute Gasteiger partial charge is 0.489 e. The number of carbonyl (C=O) groups excluding carboxylic acids is 1. The molecule has 0 spiro atoms. The third-order valence-corrected chi connectivity index (χ3v) is 5.07. The molecule has 1 aliphatic rings. The molecular weight excluding hydrogens is 326 g/mol. The molecule has 1 fully saturated rings. The van der Waals surface area contributed by atoms with Gasteiger partial charge in [-0.2, -0.15) is 0 Å². The zero-order valence-corrected chi connectivity index (χ0v) is 15.6. The number of rotatable bonds is 8. The van der Waals surface area contributed by atoms with E-state index >= 15 is 0 Å². The van der Waals surface area contributed by atoms with Crippen molar-refractivity contribution in [1.29, 1.82) is 0 Å². The van der Waals surface area contributed by atoms with Crippen LogP contribution in [0.15, 0.2) is 43.0 Å². The molecule has 5 heteroatoms. The van der Waals surface area contributed by atoms with Crippen molar-refractivity contribution >= 4 is 11.6 Å². The molecule has 1 saturated carbocycles. The first-order chi connectivity index (χ1) is 12.7. The third kappa shape index (κ3) is 5.90. The van der Waals surface area contributed by atoms with Crippen LogP contribution in [-0.2, 0) is 11.3 Å². The van der Waals surface area contributed by atoms with Crippen LogP contribution in [0.4, 0.5) is 5.69 Å². The van der Waals surface area contributed by atoms with Gasteiger partial charge >= 0.3 is 0 Å². The Morgan fingerprint density at radius 3 is 2.69 bits per heavy atom. The van der Waals surface area contributed by atoms with Gasteiger partial charge in [-0.15, -0.1) is 0 Å². The molecule has 2 aromatic rings. The van der Waals surface area contributed by atoms with Gasteiger partial charge in [-0.3, -0.25) is 4.79 Å². The zero-order valence-electron chi connectivity index (χ0n) is 15.6. The topological polar surface area (TPSA) is 56.1 Å². The highest BCUT2D eigenvalue weighted by Crippen LogP contribution is 2.29. The Morgan fingerprint density at radius 2 is 2.04 bits per heavy atom. The van der Waals surface area contributed by atoms with Gasteiger partial charge in [-0.25, -0.2) is 4.98 Å². The van der Waals surface area contributed by atoms with Gasteiger partial charge in [-0.1, -0.05) is 32.1 Å². The number of aromatic nitrogens is 2. The van der Waals surface area contributed by atoms with Crippen LogP contribution in [0.5, 0.6) is 5.75 Å². The molecule has 0 saturated heterocycles. The van der Waals surface area contributed by atoms with Crippen LogP contribution >= 0.6 is 0 Å². The zero-order chi connectivity index (χ0) is 18.2. The Bertz CT molecular complexity index is 661. The number of nitrogens with one attached hydrogen (secondary N) is 1. The van der Waals surface area contributed by atoms with E-state index in [4.69, 9.17) is 4.74 Å². The molecule has 26 heavy (non-hydrogen) atoms. The second-order valence-electron chi connectivity index (χ2n) is 7.29. The second kappa shape index (κ2) is 9.41. The molecule has 1 amide bonds. The maximum atomic E-state index is 11.1. The number of imidazole rings is 1. The normalized spacial score (nSPS) is 16.2. The molecule has 1 heterocycles. The fraction of sp³-hybridized carbons (Fsp3) is 0.524. The van der Waals surface area contributed by atoms with Gasteiger partial charge in [0.05, 0.1) is 12.9 Å². The summed E-state index contributed by atoms with van der Waals surface area (Å²) in [4.78, 5) is 15.3. The lowest BCUT2D eigenvalue weighted by atomic mass is 9.85. The predicted octanol–water partition coefficient (Wildman–Crippen LogP) is 4.65. The monoisotopic (exact) mass is 355 g/mol. The number of nitrogens with zero attached hydrogens (tertiary/aromatic N) is 2. The Balaban J connectivity index is 1.59. The summed E-state index contributed by atoms with van der Waals surface area (Å²) in [6.45, 7) is 2.32. The summed E-state index contributed by atoms with van der Waals surface area (Å²) in [5.74, 6) is 1.62. The second-order valence-corrected chi connectivity index (χ2v) is 7.29. The van der Waals surface area contributed by atoms with Gasteiger partial charge in [0.25, 0.3) is 0 Å². The molecule has 1 aliphatic carbocycles. The van der Waals surface area contributed by atoms with Crippen LogP contribution in [0.1, 0.15) is 51.9 Å². The number of amides is 1. The Hall–Kier alpha value is -2.30. The van der Waals surface area contributed by atoms with Crippen molar-refractivity contribution in [3.05, 3.63) is 43.0 Å². The van der Waals surface area contributed by atoms with Gasteiger partial charge in [-0.05, 0) is 43.0 Å². The highest BCUT2D eigenvalue weighted by molar-refractivity contribution is 5.88. The van der Waals surface area contributed by atoms with E-state index in [9.17, 15) is 4.79 Å². The number of benzene rings is 1. The summed E-state index contributed by atoms with van der Waals surface area (Å²) >= 11 is 0. The molecule has 1 aromatic heterocycles. The minimum absolute atomic E-state index is 0.0656. The minimum atomic E-state index is -0.0656. The van der Waals surface area contributed by atoms with Crippen molar-refractivity contribution in [2.24, 2.45) is 5.92 Å². The molecular formula is C21H29N3O2. The number of ether oxygens (including phenoxy) is 1. The summed E-state index contributed by atoms with van der Waals surface area (Å²) in [6, 6.07) is 7.61. The molecule has 1 unspecified atom stereocenters. The molecule has 140 valence electrons. The fourth-order valence-corrected chi connectivity index (χ4v) is 3.73. The lowest BCUT2D eigenvalue weighted by Crippen LogP contribution is -2.24. The van der Waals surface area contributed by atoms with E-state index in [1.807, 2.05) is 36.8 Å². The smallest absolute Gasteiger partial charge is 0.221 e. The molecule has 1 aromatic carbocycles. The van der Waals surface area contributed by atoms with E-state index in [-0.39, 0.29) is 12.0 Å². The summed E-state index contributed by atoms with van der Waals surface area (Å²) in [5, 5.41) is 2.78. The lowest BCUT2D eigenvalue weighted by Gasteiger charge is -2.25. The summed E-state index contributed by atoms with van der Waals surface area (Å²) in [6.07, 6.45) is 14.9. The highest BCUT2D eigenvalue weighted by atomic mass is 16.5. The first kappa shape index (κ1) is 18.5. The van der Waals surface area contributed by atoms with E-state index in [1.54, 1.807) is 6.20 Å². The van der Waals surface area contributed by atoms with E-state index < -0.39 is 0 Å². The summed E-state index contributed by atoms with van der Waals surface area (Å²) < 4.78 is 8.36. The number of hydrogen-bond acceptors (Lipinski definition) is 3. The maximum absolute atomic E-state index is 11.1.